The van der Waals surface area contributed by atoms with E-state index < -0.39 is 0 Å². The fraction of sp³-hybridized carbons (Fsp3) is 0.500. The van der Waals surface area contributed by atoms with Gasteiger partial charge in [0.1, 0.15) is 13.5 Å². The highest BCUT2D eigenvalue weighted by Crippen LogP contribution is 2.11. The smallest absolute Gasteiger partial charge is 0.235 e. The first-order valence-corrected chi connectivity index (χ1v) is 4.65. The lowest BCUT2D eigenvalue weighted by Gasteiger charge is -2.20. The van der Waals surface area contributed by atoms with E-state index in [9.17, 15) is 4.79 Å². The molecule has 0 saturated carbocycles. The number of methoxy groups -OCH3 is 2. The number of ether oxygens (including phenoxy) is 2. The van der Waals surface area contributed by atoms with E-state index in [1.54, 1.807) is 4.90 Å². The van der Waals surface area contributed by atoms with Gasteiger partial charge in [0.15, 0.2) is 0 Å². The van der Waals surface area contributed by atoms with E-state index in [0.717, 1.165) is 0 Å². The summed E-state index contributed by atoms with van der Waals surface area (Å²) in [5.41, 5.74) is 5.49. The maximum Gasteiger partial charge on any atom is 0.235 e. The van der Waals surface area contributed by atoms with Crippen molar-refractivity contribution >= 4 is 24.3 Å². The molecule has 1 amide bonds. The molecule has 0 atom stereocenters. The Morgan fingerprint density at radius 1 is 1.29 bits per heavy atom. The van der Waals surface area contributed by atoms with Gasteiger partial charge < -0.3 is 15.2 Å². The lowest BCUT2D eigenvalue weighted by Crippen LogP contribution is -2.30. The zero-order valence-corrected chi connectivity index (χ0v) is 9.58. The van der Waals surface area contributed by atoms with Gasteiger partial charge in [-0.3, -0.25) is 15.0 Å². The van der Waals surface area contributed by atoms with Crippen LogP contribution in [0.4, 0.5) is 17.8 Å². The van der Waals surface area contributed by atoms with Gasteiger partial charge in [-0.25, -0.2) is 0 Å². The Hall–Kier alpha value is -2.00. The van der Waals surface area contributed by atoms with Gasteiger partial charge in [0.05, 0.1) is 0 Å². The summed E-state index contributed by atoms with van der Waals surface area (Å²) in [7, 11) is 3.05. The minimum absolute atomic E-state index is 0.00319. The number of anilines is 3. The van der Waals surface area contributed by atoms with Gasteiger partial charge in [0.2, 0.25) is 24.3 Å². The number of rotatable bonds is 7. The summed E-state index contributed by atoms with van der Waals surface area (Å²) in [6.45, 7) is 0.440. The van der Waals surface area contributed by atoms with Crippen molar-refractivity contribution in [2.75, 3.05) is 43.6 Å². The summed E-state index contributed by atoms with van der Waals surface area (Å²) in [4.78, 5) is 23.5. The second kappa shape index (κ2) is 6.55. The Morgan fingerprint density at radius 3 is 2.47 bits per heavy atom. The topological polar surface area (TPSA) is 115 Å². The average Bonchev–Trinajstić information content (AvgIpc) is 2.28. The largest absolute Gasteiger partial charge is 0.368 e. The Balaban J connectivity index is 2.95. The molecular weight excluding hydrogens is 228 g/mol. The highest BCUT2D eigenvalue weighted by Gasteiger charge is 2.12. The van der Waals surface area contributed by atoms with Gasteiger partial charge in [-0.1, -0.05) is 0 Å². The molecule has 0 saturated heterocycles. The van der Waals surface area contributed by atoms with Crippen molar-refractivity contribution in [1.29, 1.82) is 0 Å². The number of hydrogen-bond acceptors (Lipinski definition) is 8. The maximum atomic E-state index is 10.3. The number of nitrogen functional groups attached to an aromatic ring is 1. The van der Waals surface area contributed by atoms with Crippen molar-refractivity contribution in [3.05, 3.63) is 0 Å². The minimum Gasteiger partial charge on any atom is -0.368 e. The van der Waals surface area contributed by atoms with Gasteiger partial charge in [-0.05, 0) is 0 Å². The summed E-state index contributed by atoms with van der Waals surface area (Å²) < 4.78 is 9.93. The molecule has 0 bridgehead atoms. The van der Waals surface area contributed by atoms with E-state index in [4.69, 9.17) is 15.2 Å². The first-order valence-electron chi connectivity index (χ1n) is 4.65. The van der Waals surface area contributed by atoms with Gasteiger partial charge in [-0.2, -0.15) is 15.0 Å². The molecule has 94 valence electrons. The molecule has 0 aliphatic carbocycles. The quantitative estimate of drug-likeness (QED) is 0.463. The van der Waals surface area contributed by atoms with Crippen molar-refractivity contribution in [2.24, 2.45) is 0 Å². The van der Waals surface area contributed by atoms with Crippen LogP contribution in [0.2, 0.25) is 0 Å². The Morgan fingerprint density at radius 2 is 1.94 bits per heavy atom. The predicted molar refractivity (Wildman–Crippen MR) is 60.2 cm³/mol. The van der Waals surface area contributed by atoms with Crippen LogP contribution in [0.15, 0.2) is 0 Å². The van der Waals surface area contributed by atoms with E-state index in [-0.39, 0.29) is 31.3 Å². The minimum atomic E-state index is -0.00319. The molecular formula is C8H14N6O3. The summed E-state index contributed by atoms with van der Waals surface area (Å²) in [6.07, 6.45) is 0.454. The van der Waals surface area contributed by atoms with Gasteiger partial charge in [0.25, 0.3) is 0 Å². The number of nitrogens with two attached hydrogens (primary N) is 1. The molecule has 1 heterocycles. The molecule has 0 aliphatic rings. The van der Waals surface area contributed by atoms with Crippen LogP contribution in [0.1, 0.15) is 0 Å². The highest BCUT2D eigenvalue weighted by atomic mass is 16.5. The van der Waals surface area contributed by atoms with E-state index in [1.165, 1.54) is 14.2 Å². The zero-order valence-electron chi connectivity index (χ0n) is 9.58. The first kappa shape index (κ1) is 13.1. The summed E-state index contributed by atoms with van der Waals surface area (Å²) in [6, 6.07) is 0. The van der Waals surface area contributed by atoms with Crippen LogP contribution in [0, 0.1) is 0 Å². The van der Waals surface area contributed by atoms with Crippen molar-refractivity contribution in [1.82, 2.24) is 15.0 Å². The molecule has 3 N–H and O–H groups in total. The third kappa shape index (κ3) is 3.81. The second-order valence-electron chi connectivity index (χ2n) is 2.95. The normalized spacial score (nSPS) is 10.0. The van der Waals surface area contributed by atoms with Crippen LogP contribution in [0.25, 0.3) is 0 Å². The van der Waals surface area contributed by atoms with Crippen molar-refractivity contribution in [3.8, 4) is 0 Å². The molecule has 0 unspecified atom stereocenters. The number of amides is 1. The molecule has 1 rings (SSSR count). The molecule has 0 spiro atoms. The third-order valence-electron chi connectivity index (χ3n) is 1.68. The zero-order chi connectivity index (χ0) is 12.7. The number of hydrogen-bond donors (Lipinski definition) is 2. The molecule has 0 aliphatic heterocycles. The monoisotopic (exact) mass is 242 g/mol. The molecule has 17 heavy (non-hydrogen) atoms. The Labute approximate surface area is 98.0 Å². The molecule has 9 nitrogen and oxygen atoms in total. The lowest BCUT2D eigenvalue weighted by molar-refractivity contribution is -0.105. The Bertz CT molecular complexity index is 368. The SMILES string of the molecule is COCN(COC)c1nc(N)nc(NC=O)n1. The molecule has 9 heteroatoms. The average molecular weight is 242 g/mol. The molecule has 0 radical (unpaired) electrons. The van der Waals surface area contributed by atoms with Crippen LogP contribution in [0.3, 0.4) is 0 Å². The van der Waals surface area contributed by atoms with Gasteiger partial charge in [0, 0.05) is 14.2 Å². The van der Waals surface area contributed by atoms with E-state index >= 15 is 0 Å². The maximum absolute atomic E-state index is 10.3. The molecule has 1 aromatic rings. The Kier molecular flexibility index (Phi) is 5.04. The standard InChI is InChI=1S/C8H14N6O3/c1-16-4-14(5-17-2)8-12-6(9)11-7(13-8)10-3-15/h3H,4-5H2,1-2H3,(H3,9,10,11,12,13,15). The van der Waals surface area contributed by atoms with Crippen LogP contribution in [-0.2, 0) is 14.3 Å². The highest BCUT2D eigenvalue weighted by molar-refractivity contribution is 5.67. The van der Waals surface area contributed by atoms with Crippen molar-refractivity contribution in [2.45, 2.75) is 0 Å². The number of nitrogens with one attached hydrogen (secondary N) is 1. The second-order valence-corrected chi connectivity index (χ2v) is 2.95. The van der Waals surface area contributed by atoms with Gasteiger partial charge in [-0.15, -0.1) is 0 Å². The van der Waals surface area contributed by atoms with E-state index in [0.29, 0.717) is 6.41 Å². The molecule has 0 fully saturated rings. The number of carbonyl (C=O) groups is 1. The summed E-state index contributed by atoms with van der Waals surface area (Å²) >= 11 is 0. The number of aromatic nitrogens is 3. The summed E-state index contributed by atoms with van der Waals surface area (Å²) in [5, 5.41) is 2.30. The fourth-order valence-electron chi connectivity index (χ4n) is 1.10. The first-order chi connectivity index (χ1) is 8.21. The predicted octanol–water partition coefficient (Wildman–Crippen LogP) is -0.964. The fourth-order valence-corrected chi connectivity index (χ4v) is 1.10. The van der Waals surface area contributed by atoms with Crippen molar-refractivity contribution < 1.29 is 14.3 Å². The number of nitrogens with zero attached hydrogens (tertiary/aromatic N) is 4. The van der Waals surface area contributed by atoms with E-state index in [1.807, 2.05) is 0 Å². The van der Waals surface area contributed by atoms with Crippen LogP contribution in [-0.4, -0.2) is 49.0 Å². The van der Waals surface area contributed by atoms with Crippen molar-refractivity contribution in [3.63, 3.8) is 0 Å². The van der Waals surface area contributed by atoms with Crippen LogP contribution < -0.4 is 16.0 Å². The lowest BCUT2D eigenvalue weighted by atomic mass is 10.7. The number of carbonyl (C=O) groups excluding carboxylic acids is 1. The summed E-state index contributed by atoms with van der Waals surface area (Å²) in [5.74, 6) is 0.321. The van der Waals surface area contributed by atoms with Crippen LogP contribution >= 0.6 is 0 Å². The van der Waals surface area contributed by atoms with Crippen LogP contribution in [0.5, 0.6) is 0 Å². The van der Waals surface area contributed by atoms with E-state index in [2.05, 4.69) is 20.3 Å². The third-order valence-corrected chi connectivity index (χ3v) is 1.68. The van der Waals surface area contributed by atoms with Gasteiger partial charge >= 0.3 is 0 Å². The molecule has 1 aromatic heterocycles. The molecule has 0 aromatic carbocycles.